The summed E-state index contributed by atoms with van der Waals surface area (Å²) in [4.78, 5) is 12.0. The summed E-state index contributed by atoms with van der Waals surface area (Å²) in [5.41, 5.74) is 14.0. The van der Waals surface area contributed by atoms with Gasteiger partial charge in [0.2, 0.25) is 0 Å². The highest BCUT2D eigenvalue weighted by Crippen LogP contribution is 2.17. The van der Waals surface area contributed by atoms with Crippen molar-refractivity contribution in [1.82, 2.24) is 0 Å². The van der Waals surface area contributed by atoms with E-state index in [0.29, 0.717) is 23.5 Å². The van der Waals surface area contributed by atoms with Crippen molar-refractivity contribution in [2.24, 2.45) is 5.73 Å². The predicted octanol–water partition coefficient (Wildman–Crippen LogP) is 3.40. The fraction of sp³-hybridized carbons (Fsp3) is 0.235. The molecule has 2 aromatic rings. The van der Waals surface area contributed by atoms with E-state index < -0.39 is 0 Å². The molecule has 0 aromatic heterocycles. The molecule has 21 heavy (non-hydrogen) atoms. The van der Waals surface area contributed by atoms with Gasteiger partial charge in [0.15, 0.2) is 0 Å². The van der Waals surface area contributed by atoms with E-state index in [1.54, 1.807) is 24.3 Å². The molecule has 0 aliphatic carbocycles. The monoisotopic (exact) mass is 285 g/mol. The van der Waals surface area contributed by atoms with E-state index in [4.69, 9.17) is 11.5 Å². The predicted molar refractivity (Wildman–Crippen MR) is 89.1 cm³/mol. The molecule has 0 heterocycles. The quantitative estimate of drug-likeness (QED) is 0.756. The number of amides is 1. The van der Waals surface area contributed by atoms with Gasteiger partial charge in [-0.2, -0.15) is 0 Å². The maximum absolute atomic E-state index is 12.0. The van der Waals surface area contributed by atoms with Gasteiger partial charge in [-0.3, -0.25) is 4.79 Å². The van der Waals surface area contributed by atoms with Gasteiger partial charge in [0.05, 0.1) is 11.4 Å². The molecule has 0 fully saturated rings. The summed E-state index contributed by atoms with van der Waals surface area (Å²) in [5.74, 6) is -0.184. The largest absolute Gasteiger partial charge is 0.397 e. The van der Waals surface area contributed by atoms with Crippen LogP contribution in [-0.2, 0) is 6.54 Å². The van der Waals surface area contributed by atoms with Crippen molar-refractivity contribution in [2.75, 3.05) is 11.1 Å². The van der Waals surface area contributed by atoms with Crippen LogP contribution in [0.2, 0.25) is 0 Å². The van der Waals surface area contributed by atoms with Crippen LogP contribution in [0.4, 0.5) is 11.4 Å². The number of anilines is 2. The summed E-state index contributed by atoms with van der Waals surface area (Å²) >= 11 is 0. The van der Waals surface area contributed by atoms with Crippen LogP contribution in [0.3, 0.4) is 0 Å². The van der Waals surface area contributed by atoms with E-state index in [1.807, 2.05) is 24.3 Å². The second-order valence-electron chi connectivity index (χ2n) is 4.65. The minimum Gasteiger partial charge on any atom is -0.397 e. The second-order valence-corrected chi connectivity index (χ2v) is 4.65. The van der Waals surface area contributed by atoms with Crippen molar-refractivity contribution in [3.63, 3.8) is 0 Å². The molecule has 1 amide bonds. The van der Waals surface area contributed by atoms with Crippen LogP contribution >= 0.6 is 0 Å². The van der Waals surface area contributed by atoms with E-state index >= 15 is 0 Å². The van der Waals surface area contributed by atoms with Crippen LogP contribution in [0, 0.1) is 0 Å². The highest BCUT2D eigenvalue weighted by atomic mass is 16.1. The van der Waals surface area contributed by atoms with E-state index in [-0.39, 0.29) is 5.91 Å². The van der Waals surface area contributed by atoms with Crippen molar-refractivity contribution >= 4 is 17.3 Å². The first-order valence-corrected chi connectivity index (χ1v) is 7.07. The Kier molecular flexibility index (Phi) is 6.98. The molecule has 4 heteroatoms. The van der Waals surface area contributed by atoms with Crippen LogP contribution in [0.1, 0.15) is 36.2 Å². The van der Waals surface area contributed by atoms with Gasteiger partial charge < -0.3 is 16.8 Å². The first kappa shape index (κ1) is 16.7. The zero-order chi connectivity index (χ0) is 15.7. The van der Waals surface area contributed by atoms with Crippen molar-refractivity contribution in [3.05, 3.63) is 59.7 Å². The number of para-hydroxylation sites is 2. The van der Waals surface area contributed by atoms with Gasteiger partial charge >= 0.3 is 0 Å². The number of carbonyl (C=O) groups excluding carboxylic acids is 1. The fourth-order valence-corrected chi connectivity index (χ4v) is 1.60. The molecule has 0 aliphatic heterocycles. The highest BCUT2D eigenvalue weighted by Gasteiger charge is 2.07. The Bertz CT molecular complexity index is 565. The Morgan fingerprint density at radius 3 is 2.14 bits per heavy atom. The second kappa shape index (κ2) is 8.76. The van der Waals surface area contributed by atoms with Gasteiger partial charge in [-0.1, -0.05) is 44.5 Å². The Morgan fingerprint density at radius 2 is 1.62 bits per heavy atom. The molecule has 0 aliphatic rings. The molecule has 2 aromatic carbocycles. The zero-order valence-corrected chi connectivity index (χ0v) is 12.6. The standard InChI is InChI=1S/C14H15N3O.C3H8/c15-9-10-5-7-11(8-6-10)14(18)17-13-4-2-1-3-12(13)16;1-3-2/h1-8H,9,15-16H2,(H,17,18);3H2,1-2H3. The van der Waals surface area contributed by atoms with Crippen LogP contribution in [0.25, 0.3) is 0 Å². The van der Waals surface area contributed by atoms with Crippen molar-refractivity contribution in [2.45, 2.75) is 26.8 Å². The molecule has 0 saturated heterocycles. The van der Waals surface area contributed by atoms with Gasteiger partial charge in [0.1, 0.15) is 0 Å². The van der Waals surface area contributed by atoms with Gasteiger partial charge in [0.25, 0.3) is 5.91 Å². The third-order valence-corrected chi connectivity index (χ3v) is 2.66. The number of carbonyl (C=O) groups is 1. The van der Waals surface area contributed by atoms with E-state index in [0.717, 1.165) is 5.56 Å². The lowest BCUT2D eigenvalue weighted by atomic mass is 10.1. The molecule has 0 saturated carbocycles. The first-order valence-electron chi connectivity index (χ1n) is 7.07. The number of nitrogens with two attached hydrogens (primary N) is 2. The average Bonchev–Trinajstić information content (AvgIpc) is 2.50. The zero-order valence-electron chi connectivity index (χ0n) is 12.6. The summed E-state index contributed by atoms with van der Waals surface area (Å²) in [7, 11) is 0. The Hall–Kier alpha value is -2.33. The van der Waals surface area contributed by atoms with Crippen molar-refractivity contribution in [1.29, 1.82) is 0 Å². The summed E-state index contributed by atoms with van der Waals surface area (Å²) in [6, 6.07) is 14.3. The number of nitrogen functional groups attached to an aromatic ring is 1. The Labute approximate surface area is 126 Å². The lowest BCUT2D eigenvalue weighted by Gasteiger charge is -2.08. The molecule has 0 radical (unpaired) electrons. The minimum atomic E-state index is -0.184. The minimum absolute atomic E-state index is 0.184. The smallest absolute Gasteiger partial charge is 0.255 e. The van der Waals surface area contributed by atoms with Gasteiger partial charge in [-0.15, -0.1) is 0 Å². The topological polar surface area (TPSA) is 81.1 Å². The molecule has 4 nitrogen and oxygen atoms in total. The fourth-order valence-electron chi connectivity index (χ4n) is 1.60. The molecule has 0 atom stereocenters. The lowest BCUT2D eigenvalue weighted by molar-refractivity contribution is 0.102. The van der Waals surface area contributed by atoms with Crippen molar-refractivity contribution in [3.8, 4) is 0 Å². The van der Waals surface area contributed by atoms with Crippen LogP contribution < -0.4 is 16.8 Å². The molecule has 0 unspecified atom stereocenters. The molecular formula is C17H23N3O. The summed E-state index contributed by atoms with van der Waals surface area (Å²) in [5, 5.41) is 2.77. The number of hydrogen-bond acceptors (Lipinski definition) is 3. The van der Waals surface area contributed by atoms with Crippen LogP contribution in [0.5, 0.6) is 0 Å². The SMILES string of the molecule is CCC.NCc1ccc(C(=O)Nc2ccccc2N)cc1. The van der Waals surface area contributed by atoms with Crippen molar-refractivity contribution < 1.29 is 4.79 Å². The number of nitrogens with one attached hydrogen (secondary N) is 1. The Morgan fingerprint density at radius 1 is 1.05 bits per heavy atom. The maximum Gasteiger partial charge on any atom is 0.255 e. The summed E-state index contributed by atoms with van der Waals surface area (Å²) in [6.07, 6.45) is 1.25. The molecule has 0 bridgehead atoms. The van der Waals surface area contributed by atoms with E-state index in [2.05, 4.69) is 19.2 Å². The lowest BCUT2D eigenvalue weighted by Crippen LogP contribution is -2.13. The Balaban J connectivity index is 0.000000677. The first-order chi connectivity index (χ1) is 10.1. The summed E-state index contributed by atoms with van der Waals surface area (Å²) < 4.78 is 0. The normalized spacial score (nSPS) is 9.48. The van der Waals surface area contributed by atoms with Crippen LogP contribution in [0.15, 0.2) is 48.5 Å². The van der Waals surface area contributed by atoms with Gasteiger partial charge in [-0.05, 0) is 29.8 Å². The number of hydrogen-bond donors (Lipinski definition) is 3. The molecule has 112 valence electrons. The molecule has 0 spiro atoms. The van der Waals surface area contributed by atoms with Crippen LogP contribution in [-0.4, -0.2) is 5.91 Å². The van der Waals surface area contributed by atoms with Gasteiger partial charge in [0, 0.05) is 12.1 Å². The number of rotatable bonds is 3. The molecule has 5 N–H and O–H groups in total. The van der Waals surface area contributed by atoms with Gasteiger partial charge in [-0.25, -0.2) is 0 Å². The third kappa shape index (κ3) is 5.28. The molecule has 2 rings (SSSR count). The van der Waals surface area contributed by atoms with E-state index in [1.165, 1.54) is 6.42 Å². The third-order valence-electron chi connectivity index (χ3n) is 2.66. The molecular weight excluding hydrogens is 262 g/mol. The highest BCUT2D eigenvalue weighted by molar-refractivity contribution is 6.05. The maximum atomic E-state index is 12.0. The average molecular weight is 285 g/mol. The number of benzene rings is 2. The summed E-state index contributed by atoms with van der Waals surface area (Å²) in [6.45, 7) is 4.72. The van der Waals surface area contributed by atoms with E-state index in [9.17, 15) is 4.79 Å².